The molecule has 0 bridgehead atoms. The molecule has 1 atom stereocenters. The molecule has 0 fully saturated rings. The highest BCUT2D eigenvalue weighted by atomic mass is 19.2. The first kappa shape index (κ1) is 13.5. The Morgan fingerprint density at radius 1 is 0.842 bits per heavy atom. The van der Waals surface area contributed by atoms with Gasteiger partial charge in [-0.3, -0.25) is 0 Å². The fourth-order valence-electron chi connectivity index (χ4n) is 1.89. The molecule has 1 nitrogen and oxygen atoms in total. The summed E-state index contributed by atoms with van der Waals surface area (Å²) in [5, 5.41) is 0. The van der Waals surface area contributed by atoms with Crippen LogP contribution in [0.15, 0.2) is 30.3 Å². The quantitative estimate of drug-likeness (QED) is 0.654. The maximum Gasteiger partial charge on any atom is 0.194 e. The van der Waals surface area contributed by atoms with Crippen LogP contribution in [0.1, 0.15) is 22.7 Å². The molecule has 0 radical (unpaired) electrons. The first-order valence-corrected chi connectivity index (χ1v) is 5.55. The van der Waals surface area contributed by atoms with Gasteiger partial charge in [0.05, 0.1) is 6.04 Å². The molecule has 5 heteroatoms. The second-order valence-electron chi connectivity index (χ2n) is 4.34. The zero-order valence-electron chi connectivity index (χ0n) is 10.1. The van der Waals surface area contributed by atoms with Crippen LogP contribution in [-0.2, 0) is 0 Å². The van der Waals surface area contributed by atoms with Crippen molar-refractivity contribution in [3.63, 3.8) is 0 Å². The van der Waals surface area contributed by atoms with Crippen LogP contribution in [0, 0.1) is 30.2 Å². The summed E-state index contributed by atoms with van der Waals surface area (Å²) in [4.78, 5) is 0. The van der Waals surface area contributed by atoms with Crippen molar-refractivity contribution >= 4 is 0 Å². The minimum atomic E-state index is -1.55. The van der Waals surface area contributed by atoms with Gasteiger partial charge in [-0.1, -0.05) is 6.07 Å². The van der Waals surface area contributed by atoms with E-state index in [-0.39, 0.29) is 5.56 Å². The molecule has 0 aromatic heterocycles. The fraction of sp³-hybridized carbons (Fsp3) is 0.143. The lowest BCUT2D eigenvalue weighted by atomic mass is 9.97. The van der Waals surface area contributed by atoms with E-state index in [1.807, 2.05) is 0 Å². The summed E-state index contributed by atoms with van der Waals surface area (Å²) in [7, 11) is 0. The number of halogens is 4. The fourth-order valence-corrected chi connectivity index (χ4v) is 1.89. The molecule has 2 aromatic carbocycles. The van der Waals surface area contributed by atoms with Crippen LogP contribution in [0.25, 0.3) is 0 Å². The van der Waals surface area contributed by atoms with Crippen LogP contribution in [-0.4, -0.2) is 0 Å². The molecule has 0 heterocycles. The Balaban J connectivity index is 2.46. The van der Waals surface area contributed by atoms with Crippen LogP contribution in [0.5, 0.6) is 0 Å². The standard InChI is InChI=1S/C14H11F4N/c1-7-2-8(4-10(15)3-7)14(19)9-5-11(16)13(18)12(17)6-9/h2-6,14H,19H2,1H3. The SMILES string of the molecule is Cc1cc(F)cc(C(N)c2cc(F)c(F)c(F)c2)c1. The van der Waals surface area contributed by atoms with Gasteiger partial charge < -0.3 is 5.73 Å². The van der Waals surface area contributed by atoms with Gasteiger partial charge in [0.2, 0.25) is 0 Å². The lowest BCUT2D eigenvalue weighted by Crippen LogP contribution is -2.13. The van der Waals surface area contributed by atoms with E-state index in [1.165, 1.54) is 12.1 Å². The predicted molar refractivity (Wildman–Crippen MR) is 63.5 cm³/mol. The topological polar surface area (TPSA) is 26.0 Å². The van der Waals surface area contributed by atoms with E-state index in [2.05, 4.69) is 0 Å². The van der Waals surface area contributed by atoms with Crippen molar-refractivity contribution in [3.8, 4) is 0 Å². The van der Waals surface area contributed by atoms with Crippen LogP contribution >= 0.6 is 0 Å². The monoisotopic (exact) mass is 269 g/mol. The van der Waals surface area contributed by atoms with Gasteiger partial charge in [0.1, 0.15) is 5.82 Å². The van der Waals surface area contributed by atoms with Gasteiger partial charge in [-0.15, -0.1) is 0 Å². The average molecular weight is 269 g/mol. The largest absolute Gasteiger partial charge is 0.320 e. The van der Waals surface area contributed by atoms with E-state index in [0.717, 1.165) is 12.1 Å². The number of hydrogen-bond donors (Lipinski definition) is 1. The molecule has 0 saturated carbocycles. The number of aryl methyl sites for hydroxylation is 1. The summed E-state index contributed by atoms with van der Waals surface area (Å²) in [6.45, 7) is 1.67. The summed E-state index contributed by atoms with van der Waals surface area (Å²) in [6.07, 6.45) is 0. The molecule has 100 valence electrons. The first-order valence-electron chi connectivity index (χ1n) is 5.55. The molecule has 0 saturated heterocycles. The van der Waals surface area contributed by atoms with Crippen molar-refractivity contribution in [1.82, 2.24) is 0 Å². The molecule has 2 rings (SSSR count). The van der Waals surface area contributed by atoms with Gasteiger partial charge in [-0.05, 0) is 47.9 Å². The minimum Gasteiger partial charge on any atom is -0.320 e. The molecular weight excluding hydrogens is 258 g/mol. The van der Waals surface area contributed by atoms with Crippen molar-refractivity contribution in [1.29, 1.82) is 0 Å². The smallest absolute Gasteiger partial charge is 0.194 e. The molecular formula is C14H11F4N. The lowest BCUT2D eigenvalue weighted by molar-refractivity contribution is 0.444. The second kappa shape index (κ2) is 5.01. The van der Waals surface area contributed by atoms with Crippen molar-refractivity contribution in [2.75, 3.05) is 0 Å². The van der Waals surface area contributed by atoms with E-state index in [1.54, 1.807) is 13.0 Å². The zero-order chi connectivity index (χ0) is 14.2. The summed E-state index contributed by atoms with van der Waals surface area (Å²) in [5.74, 6) is -4.68. The normalized spacial score (nSPS) is 12.5. The predicted octanol–water partition coefficient (Wildman–Crippen LogP) is 3.60. The van der Waals surface area contributed by atoms with Crippen LogP contribution < -0.4 is 5.73 Å². The molecule has 19 heavy (non-hydrogen) atoms. The van der Waals surface area contributed by atoms with Gasteiger partial charge in [-0.25, -0.2) is 17.6 Å². The highest BCUT2D eigenvalue weighted by Gasteiger charge is 2.16. The van der Waals surface area contributed by atoms with Crippen LogP contribution in [0.4, 0.5) is 17.6 Å². The first-order chi connectivity index (χ1) is 8.88. The Kier molecular flexibility index (Phi) is 3.57. The van der Waals surface area contributed by atoms with E-state index >= 15 is 0 Å². The molecule has 0 aliphatic rings. The highest BCUT2D eigenvalue weighted by Crippen LogP contribution is 2.24. The zero-order valence-corrected chi connectivity index (χ0v) is 10.1. The van der Waals surface area contributed by atoms with Crippen LogP contribution in [0.3, 0.4) is 0 Å². The lowest BCUT2D eigenvalue weighted by Gasteiger charge is -2.14. The number of hydrogen-bond acceptors (Lipinski definition) is 1. The van der Waals surface area contributed by atoms with E-state index in [9.17, 15) is 17.6 Å². The van der Waals surface area contributed by atoms with Crippen molar-refractivity contribution in [2.24, 2.45) is 5.73 Å². The molecule has 0 aliphatic heterocycles. The Labute approximate surface area is 107 Å². The second-order valence-corrected chi connectivity index (χ2v) is 4.34. The third kappa shape index (κ3) is 2.76. The van der Waals surface area contributed by atoms with Crippen molar-refractivity contribution < 1.29 is 17.6 Å². The van der Waals surface area contributed by atoms with Gasteiger partial charge >= 0.3 is 0 Å². The highest BCUT2D eigenvalue weighted by molar-refractivity contribution is 5.34. The Hall–Kier alpha value is -1.88. The van der Waals surface area contributed by atoms with Crippen molar-refractivity contribution in [2.45, 2.75) is 13.0 Å². The van der Waals surface area contributed by atoms with Gasteiger partial charge in [0.15, 0.2) is 17.5 Å². The van der Waals surface area contributed by atoms with Crippen molar-refractivity contribution in [3.05, 3.63) is 70.3 Å². The Morgan fingerprint density at radius 2 is 1.37 bits per heavy atom. The molecule has 0 aliphatic carbocycles. The summed E-state index contributed by atoms with van der Waals surface area (Å²) >= 11 is 0. The molecule has 2 aromatic rings. The number of rotatable bonds is 2. The molecule has 1 unspecified atom stereocenters. The maximum atomic E-state index is 13.3. The van der Waals surface area contributed by atoms with Gasteiger partial charge in [0.25, 0.3) is 0 Å². The van der Waals surface area contributed by atoms with E-state index in [4.69, 9.17) is 5.73 Å². The molecule has 2 N–H and O–H groups in total. The third-order valence-corrected chi connectivity index (χ3v) is 2.79. The Bertz CT molecular complexity index is 582. The van der Waals surface area contributed by atoms with Gasteiger partial charge in [-0.2, -0.15) is 0 Å². The number of benzene rings is 2. The minimum absolute atomic E-state index is 0.0430. The summed E-state index contributed by atoms with van der Waals surface area (Å²) < 4.78 is 52.4. The third-order valence-electron chi connectivity index (χ3n) is 2.79. The maximum absolute atomic E-state index is 13.3. The summed E-state index contributed by atoms with van der Waals surface area (Å²) in [5.41, 5.74) is 6.86. The molecule has 0 amide bonds. The number of nitrogens with two attached hydrogens (primary N) is 1. The average Bonchev–Trinajstić information content (AvgIpc) is 2.33. The van der Waals surface area contributed by atoms with E-state index < -0.39 is 29.3 Å². The Morgan fingerprint density at radius 3 is 1.89 bits per heavy atom. The summed E-state index contributed by atoms with van der Waals surface area (Å²) in [6, 6.07) is 4.78. The van der Waals surface area contributed by atoms with Crippen LogP contribution in [0.2, 0.25) is 0 Å². The van der Waals surface area contributed by atoms with Gasteiger partial charge in [0, 0.05) is 0 Å². The van der Waals surface area contributed by atoms with E-state index in [0.29, 0.717) is 11.1 Å². The molecule has 0 spiro atoms.